The molecule has 50 heavy (non-hydrogen) atoms. The van der Waals surface area contributed by atoms with Crippen LogP contribution in [0, 0.1) is 34.9 Å². The maximum absolute atomic E-state index is 14.6. The van der Waals surface area contributed by atoms with E-state index in [0.29, 0.717) is 24.5 Å². The summed E-state index contributed by atoms with van der Waals surface area (Å²) in [6.45, 7) is 4.46. The van der Waals surface area contributed by atoms with Crippen molar-refractivity contribution in [3.05, 3.63) is 88.7 Å². The van der Waals surface area contributed by atoms with Gasteiger partial charge in [-0.1, -0.05) is 35.4 Å². The third kappa shape index (κ3) is 4.62. The van der Waals surface area contributed by atoms with Crippen LogP contribution < -0.4 is 19.4 Å². The first-order chi connectivity index (χ1) is 24.1. The number of morpholine rings is 1. The quantitative estimate of drug-likeness (QED) is 0.276. The first-order valence-electron chi connectivity index (χ1n) is 16.8. The second-order valence-corrected chi connectivity index (χ2v) is 14.2. The van der Waals surface area contributed by atoms with Crippen LogP contribution in [0.4, 0.5) is 21.5 Å². The fourth-order valence-corrected chi connectivity index (χ4v) is 9.23. The lowest BCUT2D eigenvalue weighted by Gasteiger charge is -2.49. The molecule has 0 spiro atoms. The number of carbonyl (C=O) groups is 4. The number of aromatic hydroxyl groups is 1. The van der Waals surface area contributed by atoms with E-state index in [4.69, 9.17) is 21.1 Å². The van der Waals surface area contributed by atoms with Gasteiger partial charge in [-0.25, -0.2) is 9.29 Å². The minimum atomic E-state index is -1.41. The predicted molar refractivity (Wildman–Crippen MR) is 183 cm³/mol. The Morgan fingerprint density at radius 1 is 0.900 bits per heavy atom. The van der Waals surface area contributed by atoms with Crippen molar-refractivity contribution in [2.24, 2.45) is 29.1 Å². The van der Waals surface area contributed by atoms with Gasteiger partial charge in [0.15, 0.2) is 11.5 Å². The average Bonchev–Trinajstić information content (AvgIpc) is 3.49. The molecule has 3 aromatic rings. The number of methoxy groups -OCH3 is 1. The zero-order chi connectivity index (χ0) is 35.1. The van der Waals surface area contributed by atoms with E-state index in [1.165, 1.54) is 24.1 Å². The van der Waals surface area contributed by atoms with Crippen molar-refractivity contribution in [3.63, 3.8) is 0 Å². The van der Waals surface area contributed by atoms with Crippen LogP contribution in [0.2, 0.25) is 5.02 Å². The maximum atomic E-state index is 14.6. The zero-order valence-corrected chi connectivity index (χ0v) is 28.2. The summed E-state index contributed by atoms with van der Waals surface area (Å²) >= 11 is 6.09. The molecule has 0 radical (unpaired) electrons. The first kappa shape index (κ1) is 32.5. The summed E-state index contributed by atoms with van der Waals surface area (Å²) in [6.07, 6.45) is 2.30. The molecular formula is C38H35ClFN3O7. The van der Waals surface area contributed by atoms with Gasteiger partial charge in [-0.2, -0.15) is 0 Å². The second-order valence-electron chi connectivity index (χ2n) is 13.8. The number of amides is 4. The third-order valence-electron chi connectivity index (χ3n) is 11.5. The Morgan fingerprint density at radius 2 is 1.60 bits per heavy atom. The number of carbonyl (C=O) groups excluding carboxylic acids is 4. The van der Waals surface area contributed by atoms with Gasteiger partial charge in [0, 0.05) is 30.3 Å². The minimum absolute atomic E-state index is 0.129. The summed E-state index contributed by atoms with van der Waals surface area (Å²) in [7, 11) is 1.42. The molecule has 3 saturated heterocycles. The molecule has 1 N–H and O–H groups in total. The van der Waals surface area contributed by atoms with Crippen LogP contribution in [0.1, 0.15) is 31.2 Å². The van der Waals surface area contributed by atoms with Crippen molar-refractivity contribution in [2.75, 3.05) is 48.1 Å². The Labute approximate surface area is 293 Å². The molecule has 12 heteroatoms. The number of allylic oxidation sites excluding steroid dienone is 2. The van der Waals surface area contributed by atoms with E-state index >= 15 is 0 Å². The van der Waals surface area contributed by atoms with Crippen LogP contribution in [0.3, 0.4) is 0 Å². The van der Waals surface area contributed by atoms with Gasteiger partial charge in [0.25, 0.3) is 0 Å². The van der Waals surface area contributed by atoms with E-state index in [-0.39, 0.29) is 46.9 Å². The van der Waals surface area contributed by atoms with E-state index in [2.05, 4.69) is 4.90 Å². The van der Waals surface area contributed by atoms with Crippen LogP contribution in [0.15, 0.2) is 72.3 Å². The molecule has 8 rings (SSSR count). The van der Waals surface area contributed by atoms with E-state index in [1.807, 2.05) is 18.2 Å². The van der Waals surface area contributed by atoms with Crippen LogP contribution in [0.25, 0.3) is 0 Å². The molecule has 0 aromatic heterocycles. The first-order valence-corrected chi connectivity index (χ1v) is 17.1. The number of phenolic OH excluding ortho intramolecular Hbond substituents is 1. The topological polar surface area (TPSA) is 117 Å². The van der Waals surface area contributed by atoms with Gasteiger partial charge in [-0.15, -0.1) is 0 Å². The number of hydrogen-bond acceptors (Lipinski definition) is 8. The standard InChI is InChI=1S/C38H35ClFN3O7/c1-38-27(35(46)43(37(38)48)22-10-13-29(40)28(39)18-22)19-26-23(32(38)25-4-3-5-30(49-2)33(25)44)11-12-24-31(26)36(47)42(34(24)45)21-8-6-20(7-9-21)41-14-16-50-17-15-41/h3-11,13,18,24,26-27,31-32,44H,12,14-17,19H2,1-2H3. The molecule has 10 nitrogen and oxygen atoms in total. The smallest absolute Gasteiger partial charge is 0.241 e. The number of imide groups is 2. The van der Waals surface area contributed by atoms with Gasteiger partial charge in [-0.3, -0.25) is 24.1 Å². The molecule has 3 aliphatic heterocycles. The van der Waals surface area contributed by atoms with Crippen LogP contribution >= 0.6 is 11.6 Å². The number of nitrogens with zero attached hydrogens (tertiary/aromatic N) is 3. The largest absolute Gasteiger partial charge is 0.504 e. The van der Waals surface area contributed by atoms with E-state index < -0.39 is 52.6 Å². The lowest BCUT2D eigenvalue weighted by molar-refractivity contribution is -0.131. The molecule has 3 heterocycles. The molecule has 5 aliphatic rings. The molecule has 1 saturated carbocycles. The van der Waals surface area contributed by atoms with Crippen LogP contribution in [-0.4, -0.2) is 62.1 Å². The highest BCUT2D eigenvalue weighted by molar-refractivity contribution is 6.32. The molecule has 0 bridgehead atoms. The van der Waals surface area contributed by atoms with E-state index in [1.54, 1.807) is 37.3 Å². The van der Waals surface area contributed by atoms with E-state index in [9.17, 15) is 28.7 Å². The van der Waals surface area contributed by atoms with Gasteiger partial charge in [0.1, 0.15) is 5.82 Å². The summed E-state index contributed by atoms with van der Waals surface area (Å²) in [4.78, 5) is 61.9. The fraction of sp³-hybridized carbons (Fsp3) is 0.368. The average molecular weight is 700 g/mol. The Kier molecular flexibility index (Phi) is 7.76. The summed E-state index contributed by atoms with van der Waals surface area (Å²) < 4.78 is 25.1. The summed E-state index contributed by atoms with van der Waals surface area (Å²) in [5, 5.41) is 11.3. The third-order valence-corrected chi connectivity index (χ3v) is 11.8. The molecule has 3 aromatic carbocycles. The van der Waals surface area contributed by atoms with Gasteiger partial charge < -0.3 is 19.5 Å². The summed E-state index contributed by atoms with van der Waals surface area (Å²) in [6, 6.07) is 16.0. The lowest BCUT2D eigenvalue weighted by atomic mass is 9.51. The summed E-state index contributed by atoms with van der Waals surface area (Å²) in [5.41, 5.74) is 1.27. The fourth-order valence-electron chi connectivity index (χ4n) is 9.06. The molecule has 4 amide bonds. The molecular weight excluding hydrogens is 665 g/mol. The summed E-state index contributed by atoms with van der Waals surface area (Å²) in [5.74, 6) is -6.16. The van der Waals surface area contributed by atoms with Crippen molar-refractivity contribution in [3.8, 4) is 11.5 Å². The maximum Gasteiger partial charge on any atom is 0.241 e. The van der Waals surface area contributed by atoms with E-state index in [0.717, 1.165) is 35.3 Å². The van der Waals surface area contributed by atoms with Crippen molar-refractivity contribution < 1.29 is 38.1 Å². The predicted octanol–water partition coefficient (Wildman–Crippen LogP) is 5.47. The van der Waals surface area contributed by atoms with Gasteiger partial charge in [0.2, 0.25) is 23.6 Å². The number of phenols is 1. The minimum Gasteiger partial charge on any atom is -0.504 e. The number of rotatable bonds is 5. The Bertz CT molecular complexity index is 1980. The van der Waals surface area contributed by atoms with Crippen LogP contribution in [-0.2, 0) is 23.9 Å². The van der Waals surface area contributed by atoms with Crippen LogP contribution in [0.5, 0.6) is 11.5 Å². The monoisotopic (exact) mass is 699 g/mol. The van der Waals surface area contributed by atoms with Gasteiger partial charge in [-0.05, 0) is 74.2 Å². The highest BCUT2D eigenvalue weighted by Gasteiger charge is 2.68. The lowest BCUT2D eigenvalue weighted by Crippen LogP contribution is -2.48. The normalized spacial score (nSPS) is 29.2. The van der Waals surface area contributed by atoms with Gasteiger partial charge >= 0.3 is 0 Å². The zero-order valence-electron chi connectivity index (χ0n) is 27.5. The molecule has 258 valence electrons. The number of halogens is 2. The van der Waals surface area contributed by atoms with Crippen molar-refractivity contribution in [1.82, 2.24) is 0 Å². The molecule has 2 aliphatic carbocycles. The second kappa shape index (κ2) is 11.9. The van der Waals surface area contributed by atoms with Gasteiger partial charge in [0.05, 0.1) is 59.9 Å². The SMILES string of the molecule is COc1cccc(C2C3=CCC4C(=O)N(c5ccc(N6CCOCC6)cc5)C(=O)C4C3CC3C(=O)N(c4ccc(F)c(Cl)c4)C(=O)C32C)c1O. The molecule has 6 unspecified atom stereocenters. The Morgan fingerprint density at radius 3 is 2.30 bits per heavy atom. The number of ether oxygens (including phenoxy) is 2. The number of anilines is 3. The number of hydrogen-bond donors (Lipinski definition) is 1. The molecule has 4 fully saturated rings. The number of para-hydroxylation sites is 1. The van der Waals surface area contributed by atoms with Crippen molar-refractivity contribution in [2.45, 2.75) is 25.7 Å². The van der Waals surface area contributed by atoms with Crippen molar-refractivity contribution >= 4 is 52.3 Å². The number of benzene rings is 3. The Hall–Kier alpha value is -4.74. The highest BCUT2D eigenvalue weighted by atomic mass is 35.5. The van der Waals surface area contributed by atoms with Crippen molar-refractivity contribution in [1.29, 1.82) is 0 Å². The Balaban J connectivity index is 1.21. The molecule has 6 atom stereocenters. The highest BCUT2D eigenvalue weighted by Crippen LogP contribution is 2.65. The number of fused-ring (bicyclic) bond motifs is 4.